The number of aromatic carboxylic acids is 1. The SMILES string of the molecule is CN1OCC2CN(c3c(F)cc4c(=O)c(C(=O)O)cn(C5CC5)c4c3F)CC21. The lowest BCUT2D eigenvalue weighted by Crippen LogP contribution is -2.32. The van der Waals surface area contributed by atoms with Crippen LogP contribution in [0.25, 0.3) is 10.9 Å². The van der Waals surface area contributed by atoms with E-state index < -0.39 is 28.6 Å². The first-order valence-corrected chi connectivity index (χ1v) is 9.27. The molecule has 7 nitrogen and oxygen atoms in total. The van der Waals surface area contributed by atoms with Crippen molar-refractivity contribution in [3.8, 4) is 0 Å². The zero-order chi connectivity index (χ0) is 19.7. The van der Waals surface area contributed by atoms with E-state index >= 15 is 4.39 Å². The van der Waals surface area contributed by atoms with Gasteiger partial charge in [-0.2, -0.15) is 5.06 Å². The zero-order valence-corrected chi connectivity index (χ0v) is 15.2. The van der Waals surface area contributed by atoms with E-state index in [-0.39, 0.29) is 34.6 Å². The molecule has 28 heavy (non-hydrogen) atoms. The number of benzene rings is 1. The maximum Gasteiger partial charge on any atom is 0.341 e. The summed E-state index contributed by atoms with van der Waals surface area (Å²) in [6.45, 7) is 1.37. The number of anilines is 1. The Labute approximate surface area is 158 Å². The van der Waals surface area contributed by atoms with Crippen molar-refractivity contribution in [2.45, 2.75) is 24.9 Å². The van der Waals surface area contributed by atoms with Gasteiger partial charge in [0.2, 0.25) is 5.43 Å². The molecule has 2 aliphatic heterocycles. The number of carboxylic acids is 1. The molecular formula is C19H19F2N3O4. The average molecular weight is 391 g/mol. The normalized spacial score (nSPS) is 24.9. The molecule has 2 unspecified atom stereocenters. The van der Waals surface area contributed by atoms with Crippen molar-refractivity contribution in [2.75, 3.05) is 31.6 Å². The van der Waals surface area contributed by atoms with Crippen molar-refractivity contribution in [3.63, 3.8) is 0 Å². The summed E-state index contributed by atoms with van der Waals surface area (Å²) in [6, 6.07) is 0.955. The van der Waals surface area contributed by atoms with Gasteiger partial charge in [0.05, 0.1) is 23.6 Å². The lowest BCUT2D eigenvalue weighted by Gasteiger charge is -2.24. The van der Waals surface area contributed by atoms with Crippen LogP contribution in [-0.2, 0) is 4.84 Å². The smallest absolute Gasteiger partial charge is 0.341 e. The number of hydroxylamine groups is 2. The van der Waals surface area contributed by atoms with Crippen molar-refractivity contribution < 1.29 is 23.5 Å². The van der Waals surface area contributed by atoms with Gasteiger partial charge in [-0.05, 0) is 18.9 Å². The van der Waals surface area contributed by atoms with Crippen LogP contribution in [0, 0.1) is 17.6 Å². The van der Waals surface area contributed by atoms with Gasteiger partial charge in [0.15, 0.2) is 5.82 Å². The number of carbonyl (C=O) groups is 1. The Morgan fingerprint density at radius 2 is 2.04 bits per heavy atom. The second kappa shape index (κ2) is 5.99. The summed E-state index contributed by atoms with van der Waals surface area (Å²) in [5.41, 5.74) is -1.52. The second-order valence-corrected chi connectivity index (χ2v) is 7.81. The Hall–Kier alpha value is -2.52. The highest BCUT2D eigenvalue weighted by Crippen LogP contribution is 2.41. The summed E-state index contributed by atoms with van der Waals surface area (Å²) in [4.78, 5) is 31.1. The number of hydrogen-bond acceptors (Lipinski definition) is 5. The van der Waals surface area contributed by atoms with E-state index in [2.05, 4.69) is 0 Å². The minimum absolute atomic E-state index is 0.0180. The van der Waals surface area contributed by atoms with Gasteiger partial charge in [-0.1, -0.05) is 0 Å². The van der Waals surface area contributed by atoms with Crippen molar-refractivity contribution in [1.29, 1.82) is 0 Å². The molecular weight excluding hydrogens is 372 g/mol. The van der Waals surface area contributed by atoms with E-state index in [1.807, 2.05) is 0 Å². The van der Waals surface area contributed by atoms with E-state index in [4.69, 9.17) is 4.84 Å². The summed E-state index contributed by atoms with van der Waals surface area (Å²) in [5, 5.41) is 10.8. The third-order valence-electron chi connectivity index (χ3n) is 6.04. The first-order valence-electron chi connectivity index (χ1n) is 9.27. The van der Waals surface area contributed by atoms with Crippen LogP contribution in [0.1, 0.15) is 29.2 Å². The van der Waals surface area contributed by atoms with Gasteiger partial charge in [-0.25, -0.2) is 13.6 Å². The largest absolute Gasteiger partial charge is 0.477 e. The van der Waals surface area contributed by atoms with Crippen molar-refractivity contribution >= 4 is 22.6 Å². The lowest BCUT2D eigenvalue weighted by atomic mass is 10.1. The van der Waals surface area contributed by atoms with Gasteiger partial charge < -0.3 is 14.6 Å². The molecule has 1 aromatic carbocycles. The van der Waals surface area contributed by atoms with Crippen molar-refractivity contribution in [1.82, 2.24) is 9.63 Å². The summed E-state index contributed by atoms with van der Waals surface area (Å²) in [5.74, 6) is -2.91. The fourth-order valence-corrected chi connectivity index (χ4v) is 4.44. The molecule has 1 N–H and O–H groups in total. The first-order chi connectivity index (χ1) is 13.4. The molecule has 1 aliphatic carbocycles. The maximum absolute atomic E-state index is 15.6. The fourth-order valence-electron chi connectivity index (χ4n) is 4.44. The van der Waals surface area contributed by atoms with E-state index in [1.165, 1.54) is 10.8 Å². The molecule has 3 fully saturated rings. The number of aromatic nitrogens is 1. The minimum atomic E-state index is -1.40. The standard InChI is InChI=1S/C19H19F2N3O4/c1-22-14-7-23(5-9(14)8-28-22)17-13(20)4-11-16(15(17)21)24(10-2-3-10)6-12(18(11)25)19(26)27/h4,6,9-10,14H,2-3,5,7-8H2,1H3,(H,26,27). The van der Waals surface area contributed by atoms with Gasteiger partial charge in [0.25, 0.3) is 0 Å². The van der Waals surface area contributed by atoms with Crippen LogP contribution in [-0.4, -0.2) is 53.5 Å². The van der Waals surface area contributed by atoms with E-state index in [9.17, 15) is 19.1 Å². The van der Waals surface area contributed by atoms with E-state index in [1.54, 1.807) is 17.0 Å². The molecule has 9 heteroatoms. The van der Waals surface area contributed by atoms with Gasteiger partial charge in [0, 0.05) is 38.3 Å². The summed E-state index contributed by atoms with van der Waals surface area (Å²) >= 11 is 0. The molecule has 3 aliphatic rings. The number of rotatable bonds is 3. The van der Waals surface area contributed by atoms with Crippen LogP contribution in [0.15, 0.2) is 17.1 Å². The zero-order valence-electron chi connectivity index (χ0n) is 15.2. The van der Waals surface area contributed by atoms with Gasteiger partial charge in [-0.15, -0.1) is 0 Å². The molecule has 0 spiro atoms. The quantitative estimate of drug-likeness (QED) is 0.863. The molecule has 5 rings (SSSR count). The highest BCUT2D eigenvalue weighted by molar-refractivity contribution is 5.94. The molecule has 2 aromatic rings. The number of carboxylic acid groups (broad SMARTS) is 1. The molecule has 2 saturated heterocycles. The number of halogens is 2. The number of nitrogens with zero attached hydrogens (tertiary/aromatic N) is 3. The Morgan fingerprint density at radius 1 is 1.29 bits per heavy atom. The molecule has 148 valence electrons. The average Bonchev–Trinajstić information content (AvgIpc) is 3.31. The molecule has 0 bridgehead atoms. The molecule has 2 atom stereocenters. The van der Waals surface area contributed by atoms with Crippen molar-refractivity contribution in [2.24, 2.45) is 5.92 Å². The number of hydrogen-bond donors (Lipinski definition) is 1. The van der Waals surface area contributed by atoms with Crippen LogP contribution in [0.2, 0.25) is 0 Å². The van der Waals surface area contributed by atoms with E-state index in [0.29, 0.717) is 19.7 Å². The Bertz CT molecular complexity index is 1070. The van der Waals surface area contributed by atoms with Crippen LogP contribution in [0.4, 0.5) is 14.5 Å². The second-order valence-electron chi connectivity index (χ2n) is 7.81. The molecule has 1 aromatic heterocycles. The fraction of sp³-hybridized carbons (Fsp3) is 0.474. The molecule has 0 amide bonds. The Kier molecular flexibility index (Phi) is 3.76. The van der Waals surface area contributed by atoms with Gasteiger partial charge >= 0.3 is 5.97 Å². The summed E-state index contributed by atoms with van der Waals surface area (Å²) in [7, 11) is 1.81. The third-order valence-corrected chi connectivity index (χ3v) is 6.04. The van der Waals surface area contributed by atoms with Crippen LogP contribution >= 0.6 is 0 Å². The minimum Gasteiger partial charge on any atom is -0.477 e. The first kappa shape index (κ1) is 17.6. The molecule has 3 heterocycles. The predicted molar refractivity (Wildman–Crippen MR) is 96.6 cm³/mol. The Balaban J connectivity index is 1.70. The number of fused-ring (bicyclic) bond motifs is 2. The van der Waals surface area contributed by atoms with Crippen LogP contribution in [0.5, 0.6) is 0 Å². The third kappa shape index (κ3) is 2.46. The van der Waals surface area contributed by atoms with Crippen LogP contribution in [0.3, 0.4) is 0 Å². The highest BCUT2D eigenvalue weighted by atomic mass is 19.1. The molecule has 1 saturated carbocycles. The highest BCUT2D eigenvalue weighted by Gasteiger charge is 2.43. The summed E-state index contributed by atoms with van der Waals surface area (Å²) in [6.07, 6.45) is 2.72. The van der Waals surface area contributed by atoms with E-state index in [0.717, 1.165) is 18.9 Å². The van der Waals surface area contributed by atoms with Crippen molar-refractivity contribution in [3.05, 3.63) is 39.7 Å². The topological polar surface area (TPSA) is 75.0 Å². The Morgan fingerprint density at radius 3 is 2.68 bits per heavy atom. The monoisotopic (exact) mass is 391 g/mol. The maximum atomic E-state index is 15.6. The molecule has 0 radical (unpaired) electrons. The van der Waals surface area contributed by atoms with Gasteiger partial charge in [0.1, 0.15) is 17.1 Å². The van der Waals surface area contributed by atoms with Crippen LogP contribution < -0.4 is 10.3 Å². The predicted octanol–water partition coefficient (Wildman–Crippen LogP) is 1.99. The lowest BCUT2D eigenvalue weighted by molar-refractivity contribution is -0.107. The summed E-state index contributed by atoms with van der Waals surface area (Å²) < 4.78 is 32.0. The van der Waals surface area contributed by atoms with Gasteiger partial charge in [-0.3, -0.25) is 9.63 Å². The number of likely N-dealkylation sites (N-methyl/N-ethyl adjacent to an activating group) is 1. The number of pyridine rings is 1.